The first-order valence-corrected chi connectivity index (χ1v) is 4.47. The van der Waals surface area contributed by atoms with E-state index < -0.39 is 5.91 Å². The number of carbonyl (C=O) groups is 2. The molecule has 0 unspecified atom stereocenters. The van der Waals surface area contributed by atoms with Crippen molar-refractivity contribution in [3.05, 3.63) is 12.2 Å². The Hall–Kier alpha value is -1.92. The zero-order valence-electron chi connectivity index (χ0n) is 8.60. The maximum atomic E-state index is 11.8. The van der Waals surface area contributed by atoms with E-state index in [0.29, 0.717) is 0 Å². The Morgan fingerprint density at radius 1 is 1.60 bits per heavy atom. The van der Waals surface area contributed by atoms with Gasteiger partial charge in [0.1, 0.15) is 6.33 Å². The molecule has 7 nitrogen and oxygen atoms in total. The molecule has 15 heavy (non-hydrogen) atoms. The zero-order valence-corrected chi connectivity index (χ0v) is 8.60. The number of H-pyrrole nitrogens is 1. The van der Waals surface area contributed by atoms with Gasteiger partial charge in [0, 0.05) is 6.04 Å². The van der Waals surface area contributed by atoms with Gasteiger partial charge in [0.25, 0.3) is 5.91 Å². The smallest absolute Gasteiger partial charge is 0.291 e. The molecule has 1 rings (SSSR count). The molecule has 7 heteroatoms. The lowest BCUT2D eigenvalue weighted by Gasteiger charge is -2.23. The topological polar surface area (TPSA) is 105 Å². The maximum Gasteiger partial charge on any atom is 0.291 e. The number of hydrogen-bond donors (Lipinski definition) is 2. The third kappa shape index (κ3) is 2.76. The fourth-order valence-electron chi connectivity index (χ4n) is 1.10. The van der Waals surface area contributed by atoms with Gasteiger partial charge in [-0.2, -0.15) is 5.10 Å². The van der Waals surface area contributed by atoms with E-state index in [9.17, 15) is 9.59 Å². The average molecular weight is 211 g/mol. The molecular formula is C8H13N5O2. The number of aromatic amines is 1. The summed E-state index contributed by atoms with van der Waals surface area (Å²) < 4.78 is 0. The van der Waals surface area contributed by atoms with Crippen LogP contribution in [0.3, 0.4) is 0 Å². The Kier molecular flexibility index (Phi) is 3.37. The van der Waals surface area contributed by atoms with Gasteiger partial charge in [0.05, 0.1) is 6.54 Å². The molecule has 0 aromatic carbocycles. The van der Waals surface area contributed by atoms with E-state index in [1.807, 2.05) is 0 Å². The molecule has 0 aliphatic rings. The van der Waals surface area contributed by atoms with E-state index in [1.165, 1.54) is 11.2 Å². The summed E-state index contributed by atoms with van der Waals surface area (Å²) in [6.45, 7) is 3.45. The highest BCUT2D eigenvalue weighted by Crippen LogP contribution is 2.03. The largest absolute Gasteiger partial charge is 0.368 e. The van der Waals surface area contributed by atoms with Gasteiger partial charge in [0.2, 0.25) is 11.7 Å². The molecule has 0 saturated carbocycles. The van der Waals surface area contributed by atoms with Crippen molar-refractivity contribution in [2.45, 2.75) is 19.9 Å². The molecule has 1 aromatic rings. The summed E-state index contributed by atoms with van der Waals surface area (Å²) in [5, 5.41) is 6.01. The molecule has 2 amide bonds. The lowest BCUT2D eigenvalue weighted by Crippen LogP contribution is -2.43. The van der Waals surface area contributed by atoms with Crippen molar-refractivity contribution >= 4 is 11.8 Å². The van der Waals surface area contributed by atoms with Crippen LogP contribution >= 0.6 is 0 Å². The molecule has 0 spiro atoms. The number of carbonyl (C=O) groups excluding carboxylic acids is 2. The number of amides is 2. The monoisotopic (exact) mass is 211 g/mol. The van der Waals surface area contributed by atoms with E-state index in [1.54, 1.807) is 13.8 Å². The number of rotatable bonds is 4. The van der Waals surface area contributed by atoms with Crippen LogP contribution in [0.15, 0.2) is 6.33 Å². The van der Waals surface area contributed by atoms with Crippen LogP contribution in [0.5, 0.6) is 0 Å². The lowest BCUT2D eigenvalue weighted by atomic mass is 10.3. The van der Waals surface area contributed by atoms with Crippen LogP contribution in [0.25, 0.3) is 0 Å². The van der Waals surface area contributed by atoms with Crippen molar-refractivity contribution in [2.24, 2.45) is 5.73 Å². The summed E-state index contributed by atoms with van der Waals surface area (Å²) in [6.07, 6.45) is 1.23. The Balaban J connectivity index is 2.81. The van der Waals surface area contributed by atoms with Gasteiger partial charge in [-0.05, 0) is 13.8 Å². The third-order valence-electron chi connectivity index (χ3n) is 1.83. The van der Waals surface area contributed by atoms with Crippen molar-refractivity contribution in [3.63, 3.8) is 0 Å². The van der Waals surface area contributed by atoms with Crippen LogP contribution in [-0.2, 0) is 4.79 Å². The molecule has 82 valence electrons. The van der Waals surface area contributed by atoms with Crippen LogP contribution in [0.4, 0.5) is 0 Å². The predicted molar refractivity (Wildman–Crippen MR) is 51.7 cm³/mol. The minimum atomic E-state index is -0.559. The second-order valence-electron chi connectivity index (χ2n) is 3.33. The van der Waals surface area contributed by atoms with Gasteiger partial charge >= 0.3 is 0 Å². The number of nitrogens with two attached hydrogens (primary N) is 1. The number of primary amides is 1. The van der Waals surface area contributed by atoms with Gasteiger partial charge in [-0.1, -0.05) is 0 Å². The molecule has 0 radical (unpaired) electrons. The molecule has 0 aliphatic heterocycles. The molecule has 0 bridgehead atoms. The van der Waals surface area contributed by atoms with Gasteiger partial charge in [-0.25, -0.2) is 4.98 Å². The van der Waals surface area contributed by atoms with E-state index >= 15 is 0 Å². The Labute approximate surface area is 86.7 Å². The van der Waals surface area contributed by atoms with E-state index in [-0.39, 0.29) is 24.3 Å². The summed E-state index contributed by atoms with van der Waals surface area (Å²) in [7, 11) is 0. The number of hydrogen-bond acceptors (Lipinski definition) is 4. The van der Waals surface area contributed by atoms with E-state index in [0.717, 1.165) is 0 Å². The normalized spacial score (nSPS) is 10.3. The first-order valence-electron chi connectivity index (χ1n) is 4.47. The Morgan fingerprint density at radius 3 is 2.67 bits per heavy atom. The van der Waals surface area contributed by atoms with E-state index in [2.05, 4.69) is 15.2 Å². The highest BCUT2D eigenvalue weighted by Gasteiger charge is 2.22. The molecule has 1 aromatic heterocycles. The zero-order chi connectivity index (χ0) is 11.4. The molecule has 0 atom stereocenters. The van der Waals surface area contributed by atoms with Crippen LogP contribution in [0, 0.1) is 0 Å². The van der Waals surface area contributed by atoms with Crippen LogP contribution in [-0.4, -0.2) is 44.5 Å². The molecule has 1 heterocycles. The quantitative estimate of drug-likeness (QED) is 0.676. The van der Waals surface area contributed by atoms with E-state index in [4.69, 9.17) is 5.73 Å². The van der Waals surface area contributed by atoms with Crippen molar-refractivity contribution in [3.8, 4) is 0 Å². The van der Waals surface area contributed by atoms with Crippen LogP contribution < -0.4 is 5.73 Å². The molecule has 0 fully saturated rings. The summed E-state index contributed by atoms with van der Waals surface area (Å²) >= 11 is 0. The maximum absolute atomic E-state index is 11.8. The Bertz CT molecular complexity index is 346. The van der Waals surface area contributed by atoms with Gasteiger partial charge in [-0.15, -0.1) is 0 Å². The Morgan fingerprint density at radius 2 is 2.27 bits per heavy atom. The number of nitrogens with zero attached hydrogens (tertiary/aromatic N) is 3. The highest BCUT2D eigenvalue weighted by atomic mass is 16.2. The van der Waals surface area contributed by atoms with Crippen molar-refractivity contribution < 1.29 is 9.59 Å². The second kappa shape index (κ2) is 4.54. The molecule has 0 aliphatic carbocycles. The van der Waals surface area contributed by atoms with Gasteiger partial charge in [0.15, 0.2) is 0 Å². The van der Waals surface area contributed by atoms with Crippen molar-refractivity contribution in [1.29, 1.82) is 0 Å². The SMILES string of the molecule is CC(C)N(CC(N)=O)C(=O)c1ncn[nH]1. The fraction of sp³-hybridized carbons (Fsp3) is 0.500. The minimum absolute atomic E-state index is 0.102. The molecular weight excluding hydrogens is 198 g/mol. The summed E-state index contributed by atoms with van der Waals surface area (Å²) in [5.41, 5.74) is 5.04. The first-order chi connectivity index (χ1) is 7.02. The van der Waals surface area contributed by atoms with Crippen LogP contribution in [0.1, 0.15) is 24.5 Å². The highest BCUT2D eigenvalue weighted by molar-refractivity contribution is 5.93. The predicted octanol–water partition coefficient (Wildman–Crippen LogP) is -0.859. The lowest BCUT2D eigenvalue weighted by molar-refractivity contribution is -0.119. The fourth-order valence-corrected chi connectivity index (χ4v) is 1.10. The summed E-state index contributed by atoms with van der Waals surface area (Å²) in [4.78, 5) is 27.6. The summed E-state index contributed by atoms with van der Waals surface area (Å²) in [6, 6.07) is -0.130. The molecule has 0 saturated heterocycles. The van der Waals surface area contributed by atoms with Crippen LogP contribution in [0.2, 0.25) is 0 Å². The summed E-state index contributed by atoms with van der Waals surface area (Å²) in [5.74, 6) is -0.845. The van der Waals surface area contributed by atoms with Crippen molar-refractivity contribution in [2.75, 3.05) is 6.54 Å². The molecule has 3 N–H and O–H groups in total. The van der Waals surface area contributed by atoms with Gasteiger partial charge < -0.3 is 10.6 Å². The first kappa shape index (κ1) is 11.2. The third-order valence-corrected chi connectivity index (χ3v) is 1.83. The standard InChI is InChI=1S/C8H13N5O2/c1-5(2)13(3-6(9)14)8(15)7-10-4-11-12-7/h4-5H,3H2,1-2H3,(H2,9,14)(H,10,11,12). The number of aromatic nitrogens is 3. The number of nitrogens with one attached hydrogen (secondary N) is 1. The second-order valence-corrected chi connectivity index (χ2v) is 3.33. The van der Waals surface area contributed by atoms with Gasteiger partial charge in [-0.3, -0.25) is 14.7 Å². The minimum Gasteiger partial charge on any atom is -0.368 e. The average Bonchev–Trinajstić information content (AvgIpc) is 2.65. The van der Waals surface area contributed by atoms with Crippen molar-refractivity contribution in [1.82, 2.24) is 20.1 Å².